The fourth-order valence-electron chi connectivity index (χ4n) is 3.22. The number of piperidine rings is 1. The molecular formula is C20H25BrN4O2S. The zero-order chi connectivity index (χ0) is 20.3. The van der Waals surface area contributed by atoms with Gasteiger partial charge in [0, 0.05) is 21.6 Å². The molecule has 2 amide bonds. The van der Waals surface area contributed by atoms with Crippen LogP contribution in [-0.2, 0) is 9.59 Å². The second-order valence-electron chi connectivity index (χ2n) is 7.24. The van der Waals surface area contributed by atoms with Crippen molar-refractivity contribution in [2.24, 2.45) is 5.92 Å². The molecule has 2 aromatic rings. The highest BCUT2D eigenvalue weighted by Gasteiger charge is 2.27. The third-order valence-electron chi connectivity index (χ3n) is 4.96. The summed E-state index contributed by atoms with van der Waals surface area (Å²) in [6.45, 7) is 7.61. The first-order valence-electron chi connectivity index (χ1n) is 9.35. The monoisotopic (exact) mass is 464 g/mol. The third-order valence-corrected chi connectivity index (χ3v) is 6.80. The summed E-state index contributed by atoms with van der Waals surface area (Å²) in [5.74, 6) is -0.199. The van der Waals surface area contributed by atoms with Crippen LogP contribution in [0, 0.1) is 26.7 Å². The number of carbonyl (C=O) groups excluding carboxylic acids is 2. The van der Waals surface area contributed by atoms with E-state index in [-0.39, 0.29) is 24.3 Å². The topological polar surface area (TPSA) is 74.3 Å². The van der Waals surface area contributed by atoms with Crippen molar-refractivity contribution in [3.05, 3.63) is 38.8 Å². The van der Waals surface area contributed by atoms with E-state index in [1.54, 1.807) is 0 Å². The predicted molar refractivity (Wildman–Crippen MR) is 117 cm³/mol. The van der Waals surface area contributed by atoms with Gasteiger partial charge in [-0.05, 0) is 57.9 Å². The number of aromatic nitrogens is 1. The Morgan fingerprint density at radius 2 is 2.07 bits per heavy atom. The molecule has 1 aromatic carbocycles. The van der Waals surface area contributed by atoms with Gasteiger partial charge in [-0.15, -0.1) is 11.3 Å². The summed E-state index contributed by atoms with van der Waals surface area (Å²) < 4.78 is 0.972. The van der Waals surface area contributed by atoms with Gasteiger partial charge in [0.25, 0.3) is 0 Å². The van der Waals surface area contributed by atoms with Gasteiger partial charge in [-0.25, -0.2) is 4.98 Å². The molecule has 2 heterocycles. The summed E-state index contributed by atoms with van der Waals surface area (Å²) in [6.07, 6.45) is 1.74. The fourth-order valence-corrected chi connectivity index (χ4v) is 4.43. The van der Waals surface area contributed by atoms with Crippen molar-refractivity contribution in [2.45, 2.75) is 33.6 Å². The van der Waals surface area contributed by atoms with Crippen molar-refractivity contribution in [3.8, 4) is 0 Å². The van der Waals surface area contributed by atoms with Crippen LogP contribution in [0.3, 0.4) is 0 Å². The number of carbonyl (C=O) groups is 2. The average molecular weight is 465 g/mol. The molecule has 0 radical (unpaired) electrons. The van der Waals surface area contributed by atoms with E-state index in [9.17, 15) is 9.59 Å². The van der Waals surface area contributed by atoms with E-state index in [1.807, 2.05) is 43.9 Å². The highest BCUT2D eigenvalue weighted by atomic mass is 79.9. The van der Waals surface area contributed by atoms with E-state index < -0.39 is 0 Å². The van der Waals surface area contributed by atoms with Gasteiger partial charge in [0.2, 0.25) is 11.8 Å². The predicted octanol–water partition coefficient (Wildman–Crippen LogP) is 4.12. The number of nitrogens with one attached hydrogen (secondary N) is 2. The number of hydrogen-bond acceptors (Lipinski definition) is 5. The molecular weight excluding hydrogens is 440 g/mol. The molecule has 1 aromatic heterocycles. The largest absolute Gasteiger partial charge is 0.326 e. The maximum atomic E-state index is 12.7. The molecule has 1 unspecified atom stereocenters. The van der Waals surface area contributed by atoms with Crippen LogP contribution in [0.2, 0.25) is 0 Å². The van der Waals surface area contributed by atoms with Gasteiger partial charge < -0.3 is 10.6 Å². The Bertz CT molecular complexity index is 864. The molecule has 150 valence electrons. The lowest BCUT2D eigenvalue weighted by Crippen LogP contribution is -2.44. The van der Waals surface area contributed by atoms with Crippen molar-refractivity contribution in [3.63, 3.8) is 0 Å². The van der Waals surface area contributed by atoms with Crippen LogP contribution >= 0.6 is 27.3 Å². The molecule has 2 N–H and O–H groups in total. The Kier molecular flexibility index (Phi) is 6.85. The molecule has 28 heavy (non-hydrogen) atoms. The highest BCUT2D eigenvalue weighted by molar-refractivity contribution is 9.10. The van der Waals surface area contributed by atoms with Crippen LogP contribution in [0.15, 0.2) is 22.7 Å². The fraction of sp³-hybridized carbons (Fsp3) is 0.450. The van der Waals surface area contributed by atoms with Crippen LogP contribution in [0.5, 0.6) is 0 Å². The molecule has 1 atom stereocenters. The van der Waals surface area contributed by atoms with E-state index >= 15 is 0 Å². The molecule has 1 aliphatic heterocycles. The number of likely N-dealkylation sites (tertiary alicyclic amines) is 1. The van der Waals surface area contributed by atoms with Crippen molar-refractivity contribution >= 4 is 49.9 Å². The van der Waals surface area contributed by atoms with Crippen LogP contribution in [-0.4, -0.2) is 41.3 Å². The van der Waals surface area contributed by atoms with E-state index in [2.05, 4.69) is 31.5 Å². The smallest absolute Gasteiger partial charge is 0.240 e. The zero-order valence-electron chi connectivity index (χ0n) is 16.3. The second-order valence-corrected chi connectivity index (χ2v) is 9.29. The first-order chi connectivity index (χ1) is 13.3. The van der Waals surface area contributed by atoms with Crippen molar-refractivity contribution in [2.75, 3.05) is 30.3 Å². The Morgan fingerprint density at radius 1 is 1.29 bits per heavy atom. The number of halogens is 1. The van der Waals surface area contributed by atoms with E-state index in [0.717, 1.165) is 45.7 Å². The second kappa shape index (κ2) is 9.15. The number of benzene rings is 1. The summed E-state index contributed by atoms with van der Waals surface area (Å²) in [7, 11) is 0. The molecule has 0 aliphatic carbocycles. The van der Waals surface area contributed by atoms with Crippen molar-refractivity contribution < 1.29 is 9.59 Å². The molecule has 1 saturated heterocycles. The summed E-state index contributed by atoms with van der Waals surface area (Å²) in [5, 5.41) is 6.50. The Morgan fingerprint density at radius 3 is 2.75 bits per heavy atom. The van der Waals surface area contributed by atoms with E-state index in [1.165, 1.54) is 11.3 Å². The minimum absolute atomic E-state index is 0.00651. The maximum Gasteiger partial charge on any atom is 0.240 e. The van der Waals surface area contributed by atoms with Crippen LogP contribution in [0.25, 0.3) is 0 Å². The van der Waals surface area contributed by atoms with E-state index in [0.29, 0.717) is 11.7 Å². The zero-order valence-corrected chi connectivity index (χ0v) is 18.7. The van der Waals surface area contributed by atoms with Crippen molar-refractivity contribution in [1.82, 2.24) is 9.88 Å². The standard InChI is InChI=1S/C20H25BrN4O2S/c1-12-6-7-16(9-17(12)21)23-19(27)15-5-4-8-25(10-15)11-18(26)24-20-22-13(2)14(3)28-20/h6-7,9,15H,4-5,8,10-11H2,1-3H3,(H,23,27)(H,22,24,26). The van der Waals surface area contributed by atoms with Crippen LogP contribution in [0.1, 0.15) is 29.0 Å². The van der Waals surface area contributed by atoms with Crippen LogP contribution in [0.4, 0.5) is 10.8 Å². The maximum absolute atomic E-state index is 12.7. The summed E-state index contributed by atoms with van der Waals surface area (Å²) >= 11 is 4.98. The molecule has 3 rings (SSSR count). The Labute approximate surface area is 177 Å². The van der Waals surface area contributed by atoms with Gasteiger partial charge >= 0.3 is 0 Å². The van der Waals surface area contributed by atoms with Gasteiger partial charge in [-0.1, -0.05) is 22.0 Å². The minimum Gasteiger partial charge on any atom is -0.326 e. The molecule has 0 bridgehead atoms. The van der Waals surface area contributed by atoms with Gasteiger partial charge in [-0.2, -0.15) is 0 Å². The molecule has 6 nitrogen and oxygen atoms in total. The Balaban J connectivity index is 1.53. The number of rotatable bonds is 5. The highest BCUT2D eigenvalue weighted by Crippen LogP contribution is 2.24. The Hall–Kier alpha value is -1.77. The van der Waals surface area contributed by atoms with E-state index in [4.69, 9.17) is 0 Å². The molecule has 1 aliphatic rings. The molecule has 8 heteroatoms. The number of anilines is 2. The number of hydrogen-bond donors (Lipinski definition) is 2. The minimum atomic E-state index is -0.119. The molecule has 0 spiro atoms. The summed E-state index contributed by atoms with van der Waals surface area (Å²) in [4.78, 5) is 32.5. The van der Waals surface area contributed by atoms with Crippen molar-refractivity contribution in [1.29, 1.82) is 0 Å². The lowest BCUT2D eigenvalue weighted by atomic mass is 9.97. The summed E-state index contributed by atoms with van der Waals surface area (Å²) in [5.41, 5.74) is 2.85. The average Bonchev–Trinajstić information content (AvgIpc) is 2.95. The van der Waals surface area contributed by atoms with Crippen LogP contribution < -0.4 is 10.6 Å². The van der Waals surface area contributed by atoms with Gasteiger partial charge in [0.15, 0.2) is 5.13 Å². The number of aryl methyl sites for hydroxylation is 3. The molecule has 0 saturated carbocycles. The summed E-state index contributed by atoms with van der Waals surface area (Å²) in [6, 6.07) is 5.79. The SMILES string of the molecule is Cc1ccc(NC(=O)C2CCCN(CC(=O)Nc3nc(C)c(C)s3)C2)cc1Br. The number of thiazole rings is 1. The lowest BCUT2D eigenvalue weighted by Gasteiger charge is -2.31. The quantitative estimate of drug-likeness (QED) is 0.697. The first-order valence-corrected chi connectivity index (χ1v) is 11.0. The van der Waals surface area contributed by atoms with Gasteiger partial charge in [-0.3, -0.25) is 14.5 Å². The first kappa shape index (κ1) is 21.0. The normalized spacial score (nSPS) is 17.4. The number of nitrogens with zero attached hydrogens (tertiary/aromatic N) is 2. The third kappa shape index (κ3) is 5.40. The van der Waals surface area contributed by atoms with Gasteiger partial charge in [0.1, 0.15) is 0 Å². The number of amides is 2. The van der Waals surface area contributed by atoms with Gasteiger partial charge in [0.05, 0.1) is 18.2 Å². The molecule has 1 fully saturated rings. The lowest BCUT2D eigenvalue weighted by molar-refractivity contribution is -0.123.